The second kappa shape index (κ2) is 6.81. The Morgan fingerprint density at radius 3 is 2.71 bits per heavy atom. The maximum absolute atomic E-state index is 12.8. The van der Waals surface area contributed by atoms with Crippen LogP contribution in [0.3, 0.4) is 0 Å². The third-order valence-electron chi connectivity index (χ3n) is 3.78. The normalized spacial score (nSPS) is 22.5. The van der Waals surface area contributed by atoms with E-state index in [-0.39, 0.29) is 23.6 Å². The second-order valence-electron chi connectivity index (χ2n) is 5.87. The van der Waals surface area contributed by atoms with Crippen LogP contribution in [0.25, 0.3) is 0 Å². The summed E-state index contributed by atoms with van der Waals surface area (Å²) in [6, 6.07) is -0.377. The molecule has 2 heterocycles. The van der Waals surface area contributed by atoms with Gasteiger partial charge >= 0.3 is 11.2 Å². The van der Waals surface area contributed by atoms with Crippen molar-refractivity contribution in [3.8, 4) is 0 Å². The van der Waals surface area contributed by atoms with Crippen molar-refractivity contribution in [2.24, 2.45) is 0 Å². The molecule has 0 spiro atoms. The number of carbonyl (C=O) groups is 1. The lowest BCUT2D eigenvalue weighted by Gasteiger charge is -2.30. The molecule has 1 aromatic heterocycles. The Bertz CT molecular complexity index is 491. The summed E-state index contributed by atoms with van der Waals surface area (Å²) in [5.74, 6) is 0.228. The summed E-state index contributed by atoms with van der Waals surface area (Å²) in [4.78, 5) is 14.1. The van der Waals surface area contributed by atoms with E-state index in [1.165, 1.54) is 17.8 Å². The Morgan fingerprint density at radius 1 is 1.33 bits per heavy atom. The Hall–Kier alpha value is -1.05. The molecular weight excluding hydrogens is 288 g/mol. The molecular formula is C14H24N4O2S. The first kappa shape index (κ1) is 16.3. The van der Waals surface area contributed by atoms with Crippen molar-refractivity contribution in [2.75, 3.05) is 19.6 Å². The number of unbranched alkanes of at least 4 members (excludes halogenated alkanes) is 3. The van der Waals surface area contributed by atoms with Gasteiger partial charge in [0.1, 0.15) is 11.6 Å². The predicted molar refractivity (Wildman–Crippen MR) is 85.1 cm³/mol. The fraction of sp³-hybridized carbons (Fsp3) is 0.786. The smallest absolute Gasteiger partial charge is 0.426 e. The van der Waals surface area contributed by atoms with Gasteiger partial charge in [0, 0.05) is 12.5 Å². The lowest BCUT2D eigenvalue weighted by Crippen LogP contribution is -2.47. The molecule has 6 nitrogen and oxygen atoms in total. The van der Waals surface area contributed by atoms with E-state index < -0.39 is 4.65 Å². The molecule has 2 rings (SSSR count). The lowest BCUT2D eigenvalue weighted by molar-refractivity contribution is 0.201. The van der Waals surface area contributed by atoms with E-state index in [1.54, 1.807) is 4.90 Å². The van der Waals surface area contributed by atoms with Gasteiger partial charge in [0.25, 0.3) is 0 Å². The molecule has 0 radical (unpaired) electrons. The van der Waals surface area contributed by atoms with Crippen LogP contribution in [0.4, 0.5) is 9.93 Å². The van der Waals surface area contributed by atoms with E-state index in [4.69, 9.17) is 0 Å². The molecule has 1 aliphatic heterocycles. The van der Waals surface area contributed by atoms with Gasteiger partial charge < -0.3 is 5.21 Å². The number of aromatic nitrogens is 2. The number of rotatable bonds is 7. The molecule has 21 heavy (non-hydrogen) atoms. The number of hydroxylamine groups is 2. The fourth-order valence-electron chi connectivity index (χ4n) is 2.40. The summed E-state index contributed by atoms with van der Waals surface area (Å²) in [7, 11) is 0. The highest BCUT2D eigenvalue weighted by molar-refractivity contribution is 7.15. The van der Waals surface area contributed by atoms with E-state index in [2.05, 4.69) is 17.1 Å². The van der Waals surface area contributed by atoms with Gasteiger partial charge in [-0.05, 0) is 17.8 Å². The van der Waals surface area contributed by atoms with E-state index >= 15 is 0 Å². The van der Waals surface area contributed by atoms with Crippen LogP contribution in [-0.2, 0) is 0 Å². The van der Waals surface area contributed by atoms with Crippen molar-refractivity contribution in [1.29, 1.82) is 0 Å². The molecule has 118 valence electrons. The zero-order valence-corrected chi connectivity index (χ0v) is 13.9. The van der Waals surface area contributed by atoms with Crippen LogP contribution >= 0.6 is 11.3 Å². The molecule has 0 N–H and O–H groups in total. The number of carbonyl (C=O) groups excluding carboxylic acids is 1. The molecule has 1 fully saturated rings. The number of hydrogen-bond donors (Lipinski definition) is 0. The molecule has 0 aliphatic carbocycles. The topological polar surface area (TPSA) is 69.2 Å². The van der Waals surface area contributed by atoms with Crippen molar-refractivity contribution >= 4 is 22.5 Å². The standard InChI is InChI=1S/C14H24N4O2S/c1-4-5-6-7-8-17-9-10-18(20,14(17)19)13-16-15-12(21-13)11(2)3/h11H,4-10H2,1-3H3. The molecule has 1 unspecified atom stereocenters. The molecule has 0 bridgehead atoms. The molecule has 1 saturated heterocycles. The highest BCUT2D eigenvalue weighted by Crippen LogP contribution is 2.33. The first-order valence-corrected chi connectivity index (χ1v) is 8.53. The van der Waals surface area contributed by atoms with Crippen LogP contribution < -0.4 is 4.65 Å². The zero-order chi connectivity index (χ0) is 15.5. The fourth-order valence-corrected chi connectivity index (χ4v) is 3.30. The van der Waals surface area contributed by atoms with E-state index in [0.29, 0.717) is 13.1 Å². The van der Waals surface area contributed by atoms with Gasteiger partial charge in [-0.15, -0.1) is 5.10 Å². The Morgan fingerprint density at radius 2 is 2.10 bits per heavy atom. The van der Waals surface area contributed by atoms with Crippen molar-refractivity contribution in [3.63, 3.8) is 0 Å². The number of urea groups is 1. The molecule has 2 amide bonds. The van der Waals surface area contributed by atoms with Crippen molar-refractivity contribution < 1.29 is 4.79 Å². The maximum Gasteiger partial charge on any atom is 0.426 e. The first-order chi connectivity index (χ1) is 9.99. The number of nitrogens with zero attached hydrogens (tertiary/aromatic N) is 4. The van der Waals surface area contributed by atoms with Crippen LogP contribution in [-0.4, -0.2) is 40.8 Å². The molecule has 0 saturated carbocycles. The maximum atomic E-state index is 12.8. The second-order valence-corrected chi connectivity index (χ2v) is 6.86. The molecule has 1 atom stereocenters. The van der Waals surface area contributed by atoms with Gasteiger partial charge in [-0.25, -0.2) is 9.44 Å². The van der Waals surface area contributed by atoms with Gasteiger partial charge in [0.05, 0.1) is 6.54 Å². The molecule has 7 heteroatoms. The Labute approximate surface area is 129 Å². The number of hydrogen-bond acceptors (Lipinski definition) is 5. The van der Waals surface area contributed by atoms with Gasteiger partial charge in [-0.1, -0.05) is 45.1 Å². The highest BCUT2D eigenvalue weighted by Gasteiger charge is 2.44. The summed E-state index contributed by atoms with van der Waals surface area (Å²) >= 11 is 1.26. The van der Waals surface area contributed by atoms with Gasteiger partial charge in [-0.3, -0.25) is 4.90 Å². The summed E-state index contributed by atoms with van der Waals surface area (Å²) < 4.78 is -0.960. The highest BCUT2D eigenvalue weighted by atomic mass is 32.1. The van der Waals surface area contributed by atoms with Crippen molar-refractivity contribution in [2.45, 2.75) is 52.4 Å². The zero-order valence-electron chi connectivity index (χ0n) is 13.0. The summed E-state index contributed by atoms with van der Waals surface area (Å²) in [6.07, 6.45) is 4.41. The van der Waals surface area contributed by atoms with Gasteiger partial charge in [-0.2, -0.15) is 0 Å². The summed E-state index contributed by atoms with van der Waals surface area (Å²) in [6.45, 7) is 7.61. The largest absolute Gasteiger partial charge is 0.616 e. The Kier molecular flexibility index (Phi) is 5.29. The van der Waals surface area contributed by atoms with E-state index in [0.717, 1.165) is 24.3 Å². The minimum Gasteiger partial charge on any atom is -0.616 e. The molecule has 0 aromatic carbocycles. The summed E-state index contributed by atoms with van der Waals surface area (Å²) in [5.41, 5.74) is 0. The van der Waals surface area contributed by atoms with E-state index in [9.17, 15) is 10.0 Å². The van der Waals surface area contributed by atoms with Gasteiger partial charge in [0.2, 0.25) is 0 Å². The number of amides is 2. The molecule has 1 aromatic rings. The van der Waals surface area contributed by atoms with Crippen LogP contribution in [0.15, 0.2) is 0 Å². The molecule has 1 aliphatic rings. The third kappa shape index (κ3) is 3.41. The van der Waals surface area contributed by atoms with Gasteiger partial charge in [0.15, 0.2) is 0 Å². The van der Waals surface area contributed by atoms with E-state index in [1.807, 2.05) is 13.8 Å². The average molecular weight is 312 g/mol. The van der Waals surface area contributed by atoms with Crippen molar-refractivity contribution in [3.05, 3.63) is 10.2 Å². The minimum atomic E-state index is -0.960. The average Bonchev–Trinajstić information content (AvgIpc) is 3.05. The SMILES string of the molecule is CCCCCCN1CC[N+]([O-])(c2nnc(C(C)C)s2)C1=O. The first-order valence-electron chi connectivity index (χ1n) is 7.71. The van der Waals surface area contributed by atoms with Crippen LogP contribution in [0.5, 0.6) is 0 Å². The monoisotopic (exact) mass is 312 g/mol. The summed E-state index contributed by atoms with van der Waals surface area (Å²) in [5, 5.41) is 21.9. The van der Waals surface area contributed by atoms with Crippen LogP contribution in [0, 0.1) is 5.21 Å². The van der Waals surface area contributed by atoms with Crippen LogP contribution in [0.1, 0.15) is 57.4 Å². The number of quaternary nitrogens is 1. The lowest BCUT2D eigenvalue weighted by atomic mass is 10.2. The van der Waals surface area contributed by atoms with Crippen LogP contribution in [0.2, 0.25) is 0 Å². The quantitative estimate of drug-likeness (QED) is 0.439. The minimum absolute atomic E-state index is 0.228. The third-order valence-corrected chi connectivity index (χ3v) is 5.10. The predicted octanol–water partition coefficient (Wildman–Crippen LogP) is 3.48. The Balaban J connectivity index is 2.01. The van der Waals surface area contributed by atoms with Crippen molar-refractivity contribution in [1.82, 2.24) is 19.7 Å².